The van der Waals surface area contributed by atoms with Crippen LogP contribution in [-0.4, -0.2) is 12.3 Å². The summed E-state index contributed by atoms with van der Waals surface area (Å²) in [6, 6.07) is 28.9. The first-order valence-electron chi connectivity index (χ1n) is 9.52. The Balaban J connectivity index is 0.00000225. The lowest BCUT2D eigenvalue weighted by atomic mass is 9.99. The molecule has 4 rings (SSSR count). The minimum atomic E-state index is -0.654. The molecule has 0 saturated heterocycles. The van der Waals surface area contributed by atoms with Crippen LogP contribution in [0.25, 0.3) is 0 Å². The Morgan fingerprint density at radius 1 is 0.821 bits per heavy atom. The number of benzene rings is 3. The Bertz CT molecular complexity index is 857. The molecule has 1 aliphatic rings. The molecule has 3 aromatic rings. The van der Waals surface area contributed by atoms with E-state index < -0.39 is 5.79 Å². The number of hydrogen-bond acceptors (Lipinski definition) is 3. The molecule has 0 bridgehead atoms. The highest BCUT2D eigenvalue weighted by molar-refractivity contribution is 5.85. The van der Waals surface area contributed by atoms with Crippen molar-refractivity contribution in [2.24, 2.45) is 0 Å². The van der Waals surface area contributed by atoms with Gasteiger partial charge in [0.05, 0.1) is 13.2 Å². The van der Waals surface area contributed by atoms with E-state index in [9.17, 15) is 0 Å². The third kappa shape index (κ3) is 5.14. The van der Waals surface area contributed by atoms with Crippen LogP contribution in [0.3, 0.4) is 0 Å². The van der Waals surface area contributed by atoms with Gasteiger partial charge in [-0.15, -0.1) is 12.4 Å². The predicted octanol–water partition coefficient (Wildman–Crippen LogP) is 5.14. The zero-order valence-electron chi connectivity index (χ0n) is 15.8. The quantitative estimate of drug-likeness (QED) is 0.601. The van der Waals surface area contributed by atoms with Crippen molar-refractivity contribution in [3.8, 4) is 5.75 Å². The number of halogens is 1. The third-order valence-electron chi connectivity index (χ3n) is 4.95. The highest BCUT2D eigenvalue weighted by Gasteiger charge is 2.37. The van der Waals surface area contributed by atoms with Gasteiger partial charge in [-0.05, 0) is 29.2 Å². The van der Waals surface area contributed by atoms with Crippen LogP contribution in [0.2, 0.25) is 0 Å². The number of ether oxygens (including phenoxy) is 2. The maximum atomic E-state index is 6.39. The lowest BCUT2D eigenvalue weighted by Crippen LogP contribution is -2.50. The zero-order chi connectivity index (χ0) is 18.4. The van der Waals surface area contributed by atoms with E-state index in [1.165, 1.54) is 11.1 Å². The smallest absolute Gasteiger partial charge is 0.223 e. The van der Waals surface area contributed by atoms with Gasteiger partial charge in [-0.2, -0.15) is 0 Å². The third-order valence-corrected chi connectivity index (χ3v) is 4.95. The summed E-state index contributed by atoms with van der Waals surface area (Å²) < 4.78 is 12.8. The van der Waals surface area contributed by atoms with Gasteiger partial charge < -0.3 is 14.8 Å². The molecule has 1 unspecified atom stereocenters. The average molecular weight is 396 g/mol. The summed E-state index contributed by atoms with van der Waals surface area (Å²) in [7, 11) is 0. The topological polar surface area (TPSA) is 30.5 Å². The summed E-state index contributed by atoms with van der Waals surface area (Å²) in [5.41, 5.74) is 3.66. The van der Waals surface area contributed by atoms with Gasteiger partial charge in [0.15, 0.2) is 0 Å². The number of aryl methyl sites for hydroxylation is 1. The largest absolute Gasteiger partial charge is 0.461 e. The van der Waals surface area contributed by atoms with Crippen LogP contribution >= 0.6 is 12.4 Å². The average Bonchev–Trinajstić information content (AvgIpc) is 2.74. The van der Waals surface area contributed by atoms with Crippen LogP contribution < -0.4 is 10.1 Å². The second-order valence-electron chi connectivity index (χ2n) is 6.98. The Hall–Kier alpha value is -2.33. The van der Waals surface area contributed by atoms with Crippen LogP contribution in [0.15, 0.2) is 84.9 Å². The first-order chi connectivity index (χ1) is 13.3. The monoisotopic (exact) mass is 395 g/mol. The van der Waals surface area contributed by atoms with E-state index in [1.54, 1.807) is 0 Å². The first-order valence-corrected chi connectivity index (χ1v) is 9.52. The SMILES string of the molecule is Cl.c1ccc(CNCC2(OCc3ccccc3)CCc3ccccc3O2)cc1. The molecule has 146 valence electrons. The highest BCUT2D eigenvalue weighted by Crippen LogP contribution is 2.34. The van der Waals surface area contributed by atoms with Crippen LogP contribution in [0, 0.1) is 0 Å². The Kier molecular flexibility index (Phi) is 7.10. The molecule has 0 spiro atoms. The van der Waals surface area contributed by atoms with E-state index in [-0.39, 0.29) is 12.4 Å². The van der Waals surface area contributed by atoms with Gasteiger partial charge in [0.1, 0.15) is 5.75 Å². The molecule has 0 aliphatic carbocycles. The van der Waals surface area contributed by atoms with Gasteiger partial charge in [0, 0.05) is 13.0 Å². The molecule has 28 heavy (non-hydrogen) atoms. The van der Waals surface area contributed by atoms with E-state index in [2.05, 4.69) is 53.8 Å². The van der Waals surface area contributed by atoms with Crippen molar-refractivity contribution >= 4 is 12.4 Å². The van der Waals surface area contributed by atoms with E-state index in [4.69, 9.17) is 9.47 Å². The van der Waals surface area contributed by atoms with Gasteiger partial charge in [-0.1, -0.05) is 78.9 Å². The number of hydrogen-bond donors (Lipinski definition) is 1. The lowest BCUT2D eigenvalue weighted by molar-refractivity contribution is -0.198. The second-order valence-corrected chi connectivity index (χ2v) is 6.98. The Morgan fingerprint density at radius 2 is 1.46 bits per heavy atom. The van der Waals surface area contributed by atoms with Crippen LogP contribution in [0.4, 0.5) is 0 Å². The molecular weight excluding hydrogens is 370 g/mol. The van der Waals surface area contributed by atoms with Gasteiger partial charge in [-0.25, -0.2) is 0 Å². The molecule has 1 aliphatic heterocycles. The molecule has 1 atom stereocenters. The highest BCUT2D eigenvalue weighted by atomic mass is 35.5. The summed E-state index contributed by atoms with van der Waals surface area (Å²) in [5.74, 6) is 0.275. The van der Waals surface area contributed by atoms with Crippen molar-refractivity contribution in [1.29, 1.82) is 0 Å². The molecule has 1 N–H and O–H groups in total. The fourth-order valence-electron chi connectivity index (χ4n) is 3.45. The van der Waals surface area contributed by atoms with Gasteiger partial charge in [-0.3, -0.25) is 0 Å². The second kappa shape index (κ2) is 9.74. The molecule has 3 nitrogen and oxygen atoms in total. The summed E-state index contributed by atoms with van der Waals surface area (Å²) in [5, 5.41) is 3.53. The molecule has 3 aromatic carbocycles. The van der Waals surface area contributed by atoms with Crippen molar-refractivity contribution in [1.82, 2.24) is 5.32 Å². The van der Waals surface area contributed by atoms with Gasteiger partial charge in [0.25, 0.3) is 0 Å². The number of nitrogens with one attached hydrogen (secondary N) is 1. The molecule has 4 heteroatoms. The van der Waals surface area contributed by atoms with Crippen molar-refractivity contribution in [2.75, 3.05) is 6.54 Å². The van der Waals surface area contributed by atoms with Crippen molar-refractivity contribution < 1.29 is 9.47 Å². The summed E-state index contributed by atoms with van der Waals surface area (Å²) in [6.07, 6.45) is 1.79. The number of rotatable bonds is 7. The van der Waals surface area contributed by atoms with Crippen LogP contribution in [-0.2, 0) is 24.3 Å². The Morgan fingerprint density at radius 3 is 2.21 bits per heavy atom. The maximum absolute atomic E-state index is 6.39. The van der Waals surface area contributed by atoms with E-state index in [1.807, 2.05) is 36.4 Å². The summed E-state index contributed by atoms with van der Waals surface area (Å²) >= 11 is 0. The fraction of sp³-hybridized carbons (Fsp3) is 0.250. The Labute approximate surface area is 173 Å². The van der Waals surface area contributed by atoms with Gasteiger partial charge in [0.2, 0.25) is 5.79 Å². The fourth-order valence-corrected chi connectivity index (χ4v) is 3.45. The predicted molar refractivity (Wildman–Crippen MR) is 115 cm³/mol. The number of fused-ring (bicyclic) bond motifs is 1. The molecule has 0 aromatic heterocycles. The standard InChI is InChI=1S/C24H25NO2.ClH/c1-3-9-20(10-4-1)17-25-19-24(26-18-21-11-5-2-6-12-21)16-15-22-13-7-8-14-23(22)27-24;/h1-14,25H,15-19H2;1H. The van der Waals surface area contributed by atoms with E-state index in [0.717, 1.165) is 30.7 Å². The van der Waals surface area contributed by atoms with E-state index in [0.29, 0.717) is 13.2 Å². The minimum Gasteiger partial charge on any atom is -0.461 e. The van der Waals surface area contributed by atoms with Crippen molar-refractivity contribution in [3.05, 3.63) is 102 Å². The molecule has 0 fully saturated rings. The van der Waals surface area contributed by atoms with E-state index >= 15 is 0 Å². The summed E-state index contributed by atoms with van der Waals surface area (Å²) in [6.45, 7) is 1.97. The zero-order valence-corrected chi connectivity index (χ0v) is 16.7. The molecular formula is C24H26ClNO2. The molecule has 1 heterocycles. The first kappa shape index (κ1) is 20.4. The molecule has 0 saturated carbocycles. The van der Waals surface area contributed by atoms with Crippen LogP contribution in [0.1, 0.15) is 23.1 Å². The molecule has 0 radical (unpaired) electrons. The normalized spacial score (nSPS) is 17.9. The summed E-state index contributed by atoms with van der Waals surface area (Å²) in [4.78, 5) is 0. The minimum absolute atomic E-state index is 0. The van der Waals surface area contributed by atoms with Gasteiger partial charge >= 0.3 is 0 Å². The van der Waals surface area contributed by atoms with Crippen molar-refractivity contribution in [3.63, 3.8) is 0 Å². The lowest BCUT2D eigenvalue weighted by Gasteiger charge is -2.38. The van der Waals surface area contributed by atoms with Crippen LogP contribution in [0.5, 0.6) is 5.75 Å². The van der Waals surface area contributed by atoms with Crippen molar-refractivity contribution in [2.45, 2.75) is 31.8 Å². The maximum Gasteiger partial charge on any atom is 0.223 e. The molecule has 0 amide bonds. The number of para-hydroxylation sites is 1.